The molecule has 2 atom stereocenters. The highest BCUT2D eigenvalue weighted by Crippen LogP contribution is 2.37. The Hall–Kier alpha value is -2.48. The summed E-state index contributed by atoms with van der Waals surface area (Å²) in [6.07, 6.45) is 4.97. The number of carboxylic acid groups (broad SMARTS) is 1. The van der Waals surface area contributed by atoms with Crippen molar-refractivity contribution in [3.8, 4) is 0 Å². The number of halogens is 1. The van der Waals surface area contributed by atoms with Crippen LogP contribution in [-0.4, -0.2) is 39.8 Å². The fourth-order valence-corrected chi connectivity index (χ4v) is 3.97. The molecule has 0 spiro atoms. The number of carbonyl (C=O) groups is 1. The van der Waals surface area contributed by atoms with Gasteiger partial charge in [-0.15, -0.1) is 0 Å². The highest BCUT2D eigenvalue weighted by molar-refractivity contribution is 5.92. The lowest BCUT2D eigenvalue weighted by molar-refractivity contribution is 0.0695. The van der Waals surface area contributed by atoms with Crippen LogP contribution in [0.2, 0.25) is 0 Å². The van der Waals surface area contributed by atoms with Crippen molar-refractivity contribution < 1.29 is 14.3 Å². The molecule has 0 aromatic carbocycles. The van der Waals surface area contributed by atoms with Gasteiger partial charge in [0.1, 0.15) is 11.2 Å². The molecule has 144 valence electrons. The van der Waals surface area contributed by atoms with Crippen LogP contribution >= 0.6 is 0 Å². The zero-order chi connectivity index (χ0) is 19.3. The Kier molecular flexibility index (Phi) is 4.38. The Balaban J connectivity index is 1.84. The smallest absolute Gasteiger partial charge is 0.341 e. The van der Waals surface area contributed by atoms with Gasteiger partial charge in [-0.3, -0.25) is 4.79 Å². The predicted molar refractivity (Wildman–Crippen MR) is 99.8 cm³/mol. The van der Waals surface area contributed by atoms with Crippen molar-refractivity contribution in [2.45, 2.75) is 44.7 Å². The summed E-state index contributed by atoms with van der Waals surface area (Å²) in [6, 6.07) is 1.17. The third-order valence-corrected chi connectivity index (χ3v) is 5.74. The van der Waals surface area contributed by atoms with Crippen LogP contribution in [0.4, 0.5) is 10.2 Å². The van der Waals surface area contributed by atoms with Crippen LogP contribution in [0.3, 0.4) is 0 Å². The number of piperidine rings is 1. The number of rotatable bonds is 4. The maximum absolute atomic E-state index is 14.8. The molecule has 2 aromatic heterocycles. The Labute approximate surface area is 155 Å². The minimum atomic E-state index is -1.31. The van der Waals surface area contributed by atoms with E-state index in [9.17, 15) is 19.1 Å². The van der Waals surface area contributed by atoms with Crippen molar-refractivity contribution in [2.75, 3.05) is 18.0 Å². The van der Waals surface area contributed by atoms with E-state index >= 15 is 0 Å². The molecule has 0 amide bonds. The third-order valence-electron chi connectivity index (χ3n) is 5.74. The molecule has 2 aliphatic rings. The molecule has 2 fully saturated rings. The molecular formula is C19H23FN4O3. The molecular weight excluding hydrogens is 351 g/mol. The molecule has 8 heteroatoms. The Bertz CT molecular complexity index is 970. The first-order valence-corrected chi connectivity index (χ1v) is 9.40. The van der Waals surface area contributed by atoms with Crippen LogP contribution in [0.5, 0.6) is 0 Å². The largest absolute Gasteiger partial charge is 0.477 e. The number of aromatic nitrogens is 2. The standard InChI is InChI=1S/C19H23FN4O3/c1-2-10-5-6-23(9-15(10)21)18-14(20)7-12-16(25)13(19(26)27)8-24(11-3-4-11)17(12)22-18/h7-8,10-11,15H,2-6,9,21H2,1H3,(H,26,27)/t10-,15?/m1/s1. The van der Waals surface area contributed by atoms with Gasteiger partial charge in [0.25, 0.3) is 0 Å². The quantitative estimate of drug-likeness (QED) is 0.850. The van der Waals surface area contributed by atoms with Gasteiger partial charge in [-0.25, -0.2) is 14.2 Å². The number of nitrogens with zero attached hydrogens (tertiary/aromatic N) is 3. The predicted octanol–water partition coefficient (Wildman–Crippen LogP) is 2.13. The van der Waals surface area contributed by atoms with Gasteiger partial charge in [0.2, 0.25) is 5.43 Å². The van der Waals surface area contributed by atoms with Gasteiger partial charge in [-0.05, 0) is 31.2 Å². The first-order chi connectivity index (χ1) is 12.9. The van der Waals surface area contributed by atoms with Crippen molar-refractivity contribution in [1.82, 2.24) is 9.55 Å². The number of fused-ring (bicyclic) bond motifs is 1. The van der Waals surface area contributed by atoms with Gasteiger partial charge in [-0.1, -0.05) is 13.3 Å². The van der Waals surface area contributed by atoms with Crippen LogP contribution in [0.25, 0.3) is 11.0 Å². The summed E-state index contributed by atoms with van der Waals surface area (Å²) >= 11 is 0. The summed E-state index contributed by atoms with van der Waals surface area (Å²) in [5.41, 5.74) is 5.52. The van der Waals surface area contributed by atoms with Crippen LogP contribution < -0.4 is 16.1 Å². The van der Waals surface area contributed by atoms with E-state index in [0.29, 0.717) is 24.7 Å². The van der Waals surface area contributed by atoms with E-state index < -0.39 is 17.2 Å². The minimum absolute atomic E-state index is 0.00999. The van der Waals surface area contributed by atoms with Gasteiger partial charge in [0, 0.05) is 31.4 Å². The molecule has 0 radical (unpaired) electrons. The average molecular weight is 374 g/mol. The lowest BCUT2D eigenvalue weighted by Gasteiger charge is -2.37. The van der Waals surface area contributed by atoms with E-state index in [1.54, 1.807) is 4.57 Å². The molecule has 3 heterocycles. The normalized spacial score (nSPS) is 23.0. The highest BCUT2D eigenvalue weighted by Gasteiger charge is 2.31. The topological polar surface area (TPSA) is 101 Å². The van der Waals surface area contributed by atoms with Gasteiger partial charge >= 0.3 is 5.97 Å². The molecule has 1 aliphatic heterocycles. The summed E-state index contributed by atoms with van der Waals surface area (Å²) in [5.74, 6) is -1.34. The molecule has 1 saturated carbocycles. The fraction of sp³-hybridized carbons (Fsp3) is 0.526. The zero-order valence-corrected chi connectivity index (χ0v) is 15.2. The Morgan fingerprint density at radius 1 is 1.41 bits per heavy atom. The summed E-state index contributed by atoms with van der Waals surface area (Å²) in [7, 11) is 0. The second-order valence-electron chi connectivity index (χ2n) is 7.55. The molecule has 4 rings (SSSR count). The highest BCUT2D eigenvalue weighted by atomic mass is 19.1. The van der Waals surface area contributed by atoms with Gasteiger partial charge in [0.05, 0.1) is 5.39 Å². The first kappa shape index (κ1) is 17.9. The maximum atomic E-state index is 14.8. The number of pyridine rings is 2. The number of anilines is 1. The van der Waals surface area contributed by atoms with Gasteiger partial charge in [0.15, 0.2) is 11.6 Å². The summed E-state index contributed by atoms with van der Waals surface area (Å²) in [4.78, 5) is 30.2. The van der Waals surface area contributed by atoms with Crippen molar-refractivity contribution in [2.24, 2.45) is 11.7 Å². The van der Waals surface area contributed by atoms with Gasteiger partial charge < -0.3 is 20.3 Å². The zero-order valence-electron chi connectivity index (χ0n) is 15.2. The number of aromatic carboxylic acids is 1. The van der Waals surface area contributed by atoms with Crippen molar-refractivity contribution in [3.05, 3.63) is 33.9 Å². The molecule has 27 heavy (non-hydrogen) atoms. The van der Waals surface area contributed by atoms with Gasteiger partial charge in [-0.2, -0.15) is 0 Å². The van der Waals surface area contributed by atoms with E-state index in [1.165, 1.54) is 6.20 Å². The third kappa shape index (κ3) is 3.07. The van der Waals surface area contributed by atoms with Crippen molar-refractivity contribution >= 4 is 22.8 Å². The second kappa shape index (κ2) is 6.60. The molecule has 1 aliphatic carbocycles. The number of hydrogen-bond donors (Lipinski definition) is 2. The molecule has 1 saturated heterocycles. The molecule has 0 bridgehead atoms. The van der Waals surface area contributed by atoms with Crippen LogP contribution in [-0.2, 0) is 0 Å². The van der Waals surface area contributed by atoms with E-state index in [4.69, 9.17) is 5.73 Å². The second-order valence-corrected chi connectivity index (χ2v) is 7.55. The average Bonchev–Trinajstić information content (AvgIpc) is 3.46. The monoisotopic (exact) mass is 374 g/mol. The maximum Gasteiger partial charge on any atom is 0.341 e. The lowest BCUT2D eigenvalue weighted by Crippen LogP contribution is -2.49. The molecule has 7 nitrogen and oxygen atoms in total. The Morgan fingerprint density at radius 2 is 2.15 bits per heavy atom. The Morgan fingerprint density at radius 3 is 2.74 bits per heavy atom. The molecule has 1 unspecified atom stereocenters. The lowest BCUT2D eigenvalue weighted by atomic mass is 9.90. The van der Waals surface area contributed by atoms with E-state index in [2.05, 4.69) is 11.9 Å². The fourth-order valence-electron chi connectivity index (χ4n) is 3.97. The molecule has 3 N–H and O–H groups in total. The number of carboxylic acids is 1. The van der Waals surface area contributed by atoms with Crippen LogP contribution in [0.1, 0.15) is 49.0 Å². The molecule has 2 aromatic rings. The van der Waals surface area contributed by atoms with Crippen molar-refractivity contribution in [1.29, 1.82) is 0 Å². The first-order valence-electron chi connectivity index (χ1n) is 9.40. The van der Waals surface area contributed by atoms with Crippen LogP contribution in [0, 0.1) is 11.7 Å². The van der Waals surface area contributed by atoms with Crippen molar-refractivity contribution in [3.63, 3.8) is 0 Å². The SMILES string of the molecule is CC[C@@H]1CCN(c2nc3c(cc2F)c(=O)c(C(=O)O)cn3C2CC2)CC1N. The minimum Gasteiger partial charge on any atom is -0.477 e. The summed E-state index contributed by atoms with van der Waals surface area (Å²) < 4.78 is 16.5. The van der Waals surface area contributed by atoms with E-state index in [1.807, 2.05) is 4.90 Å². The van der Waals surface area contributed by atoms with E-state index in [-0.39, 0.29) is 28.9 Å². The van der Waals surface area contributed by atoms with E-state index in [0.717, 1.165) is 31.7 Å². The number of hydrogen-bond acceptors (Lipinski definition) is 5. The summed E-state index contributed by atoms with van der Waals surface area (Å²) in [5, 5.41) is 9.32. The summed E-state index contributed by atoms with van der Waals surface area (Å²) in [6.45, 7) is 3.26. The van der Waals surface area contributed by atoms with Crippen LogP contribution in [0.15, 0.2) is 17.1 Å². The number of nitrogens with two attached hydrogens (primary N) is 1.